The minimum absolute atomic E-state index is 0.549. The quantitative estimate of drug-likeness (QED) is 0.730. The Labute approximate surface area is 140 Å². The molecule has 118 valence electrons. The van der Waals surface area contributed by atoms with E-state index >= 15 is 0 Å². The number of aromatic nitrogens is 2. The fourth-order valence-corrected chi connectivity index (χ4v) is 3.58. The second-order valence-electron chi connectivity index (χ2n) is 6.13. The van der Waals surface area contributed by atoms with Gasteiger partial charge in [-0.15, -0.1) is 0 Å². The Morgan fingerprint density at radius 2 is 1.83 bits per heavy atom. The highest BCUT2D eigenvalue weighted by Gasteiger charge is 2.22. The Morgan fingerprint density at radius 3 is 2.57 bits per heavy atom. The summed E-state index contributed by atoms with van der Waals surface area (Å²) < 4.78 is 2.21. The molecule has 0 radical (unpaired) electrons. The number of nitrogens with zero attached hydrogens (tertiary/aromatic N) is 3. The summed E-state index contributed by atoms with van der Waals surface area (Å²) in [6.45, 7) is 1.90. The molecule has 1 saturated heterocycles. The van der Waals surface area contributed by atoms with Crippen LogP contribution in [-0.4, -0.2) is 27.6 Å². The fourth-order valence-electron chi connectivity index (χ4n) is 3.45. The Bertz CT molecular complexity index is 817. The number of nitrogens with two attached hydrogens (primary N) is 1. The average molecular weight is 327 g/mol. The predicted octanol–water partition coefficient (Wildman–Crippen LogP) is 3.73. The first-order valence-corrected chi connectivity index (χ1v) is 8.31. The number of halogens is 1. The van der Waals surface area contributed by atoms with Crippen molar-refractivity contribution in [1.29, 1.82) is 0 Å². The lowest BCUT2D eigenvalue weighted by Crippen LogP contribution is -2.38. The first-order chi connectivity index (χ1) is 11.2. The van der Waals surface area contributed by atoms with Gasteiger partial charge in [0.1, 0.15) is 0 Å². The summed E-state index contributed by atoms with van der Waals surface area (Å²) in [5.74, 6) is 6.45. The second kappa shape index (κ2) is 5.96. The molecule has 0 bridgehead atoms. The zero-order chi connectivity index (χ0) is 15.8. The average Bonchev–Trinajstić information content (AvgIpc) is 2.96. The van der Waals surface area contributed by atoms with E-state index in [0.717, 1.165) is 42.2 Å². The third-order valence-electron chi connectivity index (χ3n) is 4.71. The smallest absolute Gasteiger partial charge is 0.0715 e. The van der Waals surface area contributed by atoms with E-state index in [9.17, 15) is 0 Å². The lowest BCUT2D eigenvalue weighted by molar-refractivity contribution is 0.218. The molecule has 3 aromatic rings. The van der Waals surface area contributed by atoms with E-state index in [4.69, 9.17) is 17.4 Å². The van der Waals surface area contributed by atoms with Crippen LogP contribution in [-0.2, 0) is 0 Å². The number of rotatable bonds is 2. The molecule has 1 fully saturated rings. The lowest BCUT2D eigenvalue weighted by atomic mass is 9.90. The normalized spacial score (nSPS) is 17.0. The van der Waals surface area contributed by atoms with Crippen LogP contribution < -0.4 is 5.84 Å². The van der Waals surface area contributed by atoms with Crippen molar-refractivity contribution in [2.45, 2.75) is 18.8 Å². The van der Waals surface area contributed by atoms with Gasteiger partial charge in [0.2, 0.25) is 0 Å². The number of hydrogen-bond acceptors (Lipinski definition) is 3. The molecule has 1 aliphatic rings. The molecular formula is C18H19ClN4. The standard InChI is InChI=1S/C18H19ClN4/c19-14-1-3-15(4-2-14)23-12-17(13-6-9-22(20)10-7-13)16-5-8-21-11-18(16)23/h1-5,8,11-13H,6-7,9-10,20H2. The van der Waals surface area contributed by atoms with Crippen LogP contribution in [0.15, 0.2) is 48.9 Å². The van der Waals surface area contributed by atoms with Crippen molar-refractivity contribution >= 4 is 22.5 Å². The molecule has 0 spiro atoms. The van der Waals surface area contributed by atoms with Gasteiger partial charge >= 0.3 is 0 Å². The Morgan fingerprint density at radius 1 is 1.09 bits per heavy atom. The van der Waals surface area contributed by atoms with Gasteiger partial charge in [0.25, 0.3) is 0 Å². The summed E-state index contributed by atoms with van der Waals surface area (Å²) in [5.41, 5.74) is 3.64. The van der Waals surface area contributed by atoms with E-state index in [-0.39, 0.29) is 0 Å². The molecule has 3 heterocycles. The summed E-state index contributed by atoms with van der Waals surface area (Å²) in [6.07, 6.45) is 8.26. The summed E-state index contributed by atoms with van der Waals surface area (Å²) in [5, 5.41) is 3.94. The van der Waals surface area contributed by atoms with Crippen molar-refractivity contribution in [3.8, 4) is 5.69 Å². The van der Waals surface area contributed by atoms with E-state index in [1.165, 1.54) is 10.9 Å². The molecule has 5 heteroatoms. The summed E-state index contributed by atoms with van der Waals surface area (Å²) in [7, 11) is 0. The molecule has 23 heavy (non-hydrogen) atoms. The minimum atomic E-state index is 0.549. The maximum Gasteiger partial charge on any atom is 0.0715 e. The van der Waals surface area contributed by atoms with Gasteiger partial charge in [-0.1, -0.05) is 11.6 Å². The highest BCUT2D eigenvalue weighted by molar-refractivity contribution is 6.30. The van der Waals surface area contributed by atoms with E-state index in [2.05, 4.69) is 21.8 Å². The lowest BCUT2D eigenvalue weighted by Gasteiger charge is -2.28. The molecule has 2 aromatic heterocycles. The molecule has 4 nitrogen and oxygen atoms in total. The van der Waals surface area contributed by atoms with Gasteiger partial charge in [0, 0.05) is 41.6 Å². The van der Waals surface area contributed by atoms with Crippen molar-refractivity contribution in [3.63, 3.8) is 0 Å². The summed E-state index contributed by atoms with van der Waals surface area (Å²) >= 11 is 6.02. The maximum atomic E-state index is 6.02. The van der Waals surface area contributed by atoms with Crippen LogP contribution in [0.3, 0.4) is 0 Å². The first kappa shape index (κ1) is 14.7. The van der Waals surface area contributed by atoms with Crippen molar-refractivity contribution < 1.29 is 0 Å². The summed E-state index contributed by atoms with van der Waals surface area (Å²) in [4.78, 5) is 4.31. The molecule has 1 aliphatic heterocycles. The zero-order valence-electron chi connectivity index (χ0n) is 12.8. The van der Waals surface area contributed by atoms with Crippen molar-refractivity contribution in [1.82, 2.24) is 14.6 Å². The molecule has 1 aromatic carbocycles. The Kier molecular flexibility index (Phi) is 3.81. The van der Waals surface area contributed by atoms with E-state index in [1.807, 2.05) is 41.7 Å². The van der Waals surface area contributed by atoms with Gasteiger partial charge in [0.15, 0.2) is 0 Å². The third kappa shape index (κ3) is 2.74. The molecule has 0 unspecified atom stereocenters. The monoisotopic (exact) mass is 326 g/mol. The van der Waals surface area contributed by atoms with Crippen LogP contribution in [0, 0.1) is 0 Å². The molecule has 0 amide bonds. The van der Waals surface area contributed by atoms with Gasteiger partial charge in [-0.2, -0.15) is 0 Å². The molecule has 0 saturated carbocycles. The minimum Gasteiger partial charge on any atom is -0.315 e. The van der Waals surface area contributed by atoms with E-state index < -0.39 is 0 Å². The van der Waals surface area contributed by atoms with Gasteiger partial charge in [-0.3, -0.25) is 10.8 Å². The molecule has 2 N–H and O–H groups in total. The number of hydrazine groups is 1. The van der Waals surface area contributed by atoms with Crippen molar-refractivity contribution in [2.24, 2.45) is 5.84 Å². The van der Waals surface area contributed by atoms with Crippen LogP contribution >= 0.6 is 11.6 Å². The predicted molar refractivity (Wildman–Crippen MR) is 93.8 cm³/mol. The molecular weight excluding hydrogens is 308 g/mol. The largest absolute Gasteiger partial charge is 0.315 e. The van der Waals surface area contributed by atoms with Crippen LogP contribution in [0.4, 0.5) is 0 Å². The maximum absolute atomic E-state index is 6.02. The number of fused-ring (bicyclic) bond motifs is 1. The second-order valence-corrected chi connectivity index (χ2v) is 6.57. The van der Waals surface area contributed by atoms with E-state index in [0.29, 0.717) is 5.92 Å². The van der Waals surface area contributed by atoms with Gasteiger partial charge < -0.3 is 4.57 Å². The highest BCUT2D eigenvalue weighted by atomic mass is 35.5. The molecule has 0 atom stereocenters. The molecule has 4 rings (SSSR count). The third-order valence-corrected chi connectivity index (χ3v) is 4.96. The van der Waals surface area contributed by atoms with Crippen molar-refractivity contribution in [2.75, 3.05) is 13.1 Å². The van der Waals surface area contributed by atoms with Crippen LogP contribution in [0.25, 0.3) is 16.6 Å². The van der Waals surface area contributed by atoms with Crippen LogP contribution in [0.2, 0.25) is 5.02 Å². The fraction of sp³-hybridized carbons (Fsp3) is 0.278. The Hall–Kier alpha value is -1.88. The topological polar surface area (TPSA) is 47.1 Å². The zero-order valence-corrected chi connectivity index (χ0v) is 13.6. The van der Waals surface area contributed by atoms with Gasteiger partial charge in [0.05, 0.1) is 11.7 Å². The molecule has 0 aliphatic carbocycles. The SMILES string of the molecule is NN1CCC(c2cn(-c3ccc(Cl)cc3)c3cnccc23)CC1. The van der Waals surface area contributed by atoms with E-state index in [1.54, 1.807) is 0 Å². The van der Waals surface area contributed by atoms with Crippen molar-refractivity contribution in [3.05, 3.63) is 59.5 Å². The van der Waals surface area contributed by atoms with Gasteiger partial charge in [-0.05, 0) is 54.7 Å². The Balaban J connectivity index is 1.81. The number of pyridine rings is 1. The number of benzene rings is 1. The number of hydrogen-bond donors (Lipinski definition) is 1. The van der Waals surface area contributed by atoms with Crippen LogP contribution in [0.5, 0.6) is 0 Å². The summed E-state index contributed by atoms with van der Waals surface area (Å²) in [6, 6.07) is 10.0. The van der Waals surface area contributed by atoms with Gasteiger partial charge in [-0.25, -0.2) is 5.01 Å². The first-order valence-electron chi connectivity index (χ1n) is 7.93. The highest BCUT2D eigenvalue weighted by Crippen LogP contribution is 2.35. The van der Waals surface area contributed by atoms with Crippen LogP contribution in [0.1, 0.15) is 24.3 Å². The number of piperidine rings is 1.